The molecular formula is C16H10F8N2. The van der Waals surface area contributed by atoms with Crippen LogP contribution in [0.25, 0.3) is 0 Å². The largest absolute Gasteiger partial charge is 0.458 e. The molecule has 140 valence electrons. The minimum absolute atomic E-state index is 0.118. The number of hydrazone groups is 1. The van der Waals surface area contributed by atoms with E-state index in [1.54, 1.807) is 30.3 Å². The Morgan fingerprint density at radius 1 is 0.769 bits per heavy atom. The SMILES string of the molecule is FC(F)(F)c1ccc(C=NNc2ccccc2)cc1C(F)(F)C(F)(F)F. The zero-order valence-electron chi connectivity index (χ0n) is 12.7. The number of benzene rings is 2. The van der Waals surface area contributed by atoms with Crippen molar-refractivity contribution in [3.8, 4) is 0 Å². The molecule has 0 radical (unpaired) electrons. The Balaban J connectivity index is 2.40. The standard InChI is InChI=1S/C16H10F8N2/c17-14(18,16(22,23)24)13-8-10(6-7-12(13)15(19,20)21)9-25-26-11-4-2-1-3-5-11/h1-9,26H. The van der Waals surface area contributed by atoms with Gasteiger partial charge >= 0.3 is 18.3 Å². The van der Waals surface area contributed by atoms with E-state index in [0.29, 0.717) is 5.69 Å². The zero-order valence-corrected chi connectivity index (χ0v) is 12.7. The first kappa shape index (κ1) is 19.7. The average molecular weight is 382 g/mol. The molecule has 1 N–H and O–H groups in total. The van der Waals surface area contributed by atoms with Crippen molar-refractivity contribution < 1.29 is 35.1 Å². The monoisotopic (exact) mass is 382 g/mol. The van der Waals surface area contributed by atoms with Crippen LogP contribution in [0.15, 0.2) is 53.6 Å². The van der Waals surface area contributed by atoms with Gasteiger partial charge in [-0.2, -0.15) is 40.2 Å². The fourth-order valence-corrected chi connectivity index (χ4v) is 2.00. The van der Waals surface area contributed by atoms with Crippen molar-refractivity contribution in [1.29, 1.82) is 0 Å². The second-order valence-electron chi connectivity index (χ2n) is 5.11. The van der Waals surface area contributed by atoms with Crippen molar-refractivity contribution in [1.82, 2.24) is 0 Å². The van der Waals surface area contributed by atoms with E-state index in [4.69, 9.17) is 0 Å². The Morgan fingerprint density at radius 2 is 1.38 bits per heavy atom. The fraction of sp³-hybridized carbons (Fsp3) is 0.188. The normalized spacial score (nSPS) is 13.2. The number of para-hydroxylation sites is 1. The van der Waals surface area contributed by atoms with Gasteiger partial charge in [0.25, 0.3) is 0 Å². The molecule has 0 aliphatic heterocycles. The molecule has 26 heavy (non-hydrogen) atoms. The predicted octanol–water partition coefficient (Wildman–Crippen LogP) is 5.81. The molecule has 2 aromatic carbocycles. The molecule has 0 saturated heterocycles. The van der Waals surface area contributed by atoms with E-state index in [1.165, 1.54) is 0 Å². The van der Waals surface area contributed by atoms with Gasteiger partial charge in [-0.3, -0.25) is 5.43 Å². The van der Waals surface area contributed by atoms with Gasteiger partial charge in [-0.1, -0.05) is 24.3 Å². The summed E-state index contributed by atoms with van der Waals surface area (Å²) >= 11 is 0. The van der Waals surface area contributed by atoms with Crippen LogP contribution in [-0.2, 0) is 12.1 Å². The Kier molecular flexibility index (Phi) is 5.24. The molecule has 0 aliphatic carbocycles. The lowest BCUT2D eigenvalue weighted by Crippen LogP contribution is -2.35. The average Bonchev–Trinajstić information content (AvgIpc) is 2.53. The first-order valence-electron chi connectivity index (χ1n) is 6.93. The van der Waals surface area contributed by atoms with Crippen molar-refractivity contribution in [2.24, 2.45) is 5.10 Å². The number of nitrogens with zero attached hydrogens (tertiary/aromatic N) is 1. The molecule has 0 aromatic heterocycles. The fourth-order valence-electron chi connectivity index (χ4n) is 2.00. The Hall–Kier alpha value is -2.65. The van der Waals surface area contributed by atoms with E-state index in [-0.39, 0.29) is 17.7 Å². The lowest BCUT2D eigenvalue weighted by Gasteiger charge is -2.23. The van der Waals surface area contributed by atoms with E-state index >= 15 is 0 Å². The van der Waals surface area contributed by atoms with E-state index in [2.05, 4.69) is 10.5 Å². The smallest absolute Gasteiger partial charge is 0.279 e. The molecule has 0 spiro atoms. The van der Waals surface area contributed by atoms with Gasteiger partial charge in [-0.05, 0) is 29.8 Å². The van der Waals surface area contributed by atoms with Crippen LogP contribution in [0.1, 0.15) is 16.7 Å². The molecule has 10 heteroatoms. The maximum absolute atomic E-state index is 13.5. The molecule has 0 aliphatic rings. The zero-order chi connectivity index (χ0) is 19.6. The highest BCUT2D eigenvalue weighted by atomic mass is 19.4. The number of nitrogens with one attached hydrogen (secondary N) is 1. The highest BCUT2D eigenvalue weighted by molar-refractivity contribution is 5.81. The van der Waals surface area contributed by atoms with Gasteiger partial charge in [-0.15, -0.1) is 0 Å². The maximum atomic E-state index is 13.5. The number of halogens is 8. The lowest BCUT2D eigenvalue weighted by atomic mass is 9.98. The van der Waals surface area contributed by atoms with Crippen LogP contribution in [0.5, 0.6) is 0 Å². The van der Waals surface area contributed by atoms with Gasteiger partial charge in [0.2, 0.25) is 0 Å². The summed E-state index contributed by atoms with van der Waals surface area (Å²) in [5.41, 5.74) is -1.66. The van der Waals surface area contributed by atoms with Crippen LogP contribution in [0, 0.1) is 0 Å². The molecule has 0 saturated carbocycles. The van der Waals surface area contributed by atoms with Crippen molar-refractivity contribution in [2.45, 2.75) is 18.3 Å². The minimum Gasteiger partial charge on any atom is -0.279 e. The Labute approximate surface area is 142 Å². The third-order valence-corrected chi connectivity index (χ3v) is 3.22. The lowest BCUT2D eigenvalue weighted by molar-refractivity contribution is -0.291. The summed E-state index contributed by atoms with van der Waals surface area (Å²) in [7, 11) is 0. The van der Waals surface area contributed by atoms with E-state index in [1.807, 2.05) is 0 Å². The third-order valence-electron chi connectivity index (χ3n) is 3.22. The molecule has 2 nitrogen and oxygen atoms in total. The summed E-state index contributed by atoms with van der Waals surface area (Å²) in [6.07, 6.45) is -10.7. The molecule has 2 rings (SSSR count). The highest BCUT2D eigenvalue weighted by Crippen LogP contribution is 2.48. The number of hydrogen-bond acceptors (Lipinski definition) is 2. The van der Waals surface area contributed by atoms with Crippen molar-refractivity contribution >= 4 is 11.9 Å². The van der Waals surface area contributed by atoms with Crippen LogP contribution < -0.4 is 5.43 Å². The van der Waals surface area contributed by atoms with Gasteiger partial charge in [0.15, 0.2) is 0 Å². The summed E-state index contributed by atoms with van der Waals surface area (Å²) in [5, 5.41) is 3.61. The summed E-state index contributed by atoms with van der Waals surface area (Å²) < 4.78 is 103. The van der Waals surface area contributed by atoms with E-state index < -0.39 is 29.4 Å². The van der Waals surface area contributed by atoms with Crippen molar-refractivity contribution in [2.75, 3.05) is 5.43 Å². The predicted molar refractivity (Wildman–Crippen MR) is 79.1 cm³/mol. The molecule has 0 heterocycles. The van der Waals surface area contributed by atoms with Crippen molar-refractivity contribution in [3.63, 3.8) is 0 Å². The second kappa shape index (κ2) is 6.93. The molecule has 0 fully saturated rings. The summed E-state index contributed by atoms with van der Waals surface area (Å²) in [6.45, 7) is 0. The molecule has 2 aromatic rings. The molecule has 0 amide bonds. The molecule has 0 bridgehead atoms. The van der Waals surface area contributed by atoms with Crippen LogP contribution in [0.3, 0.4) is 0 Å². The number of alkyl halides is 8. The Morgan fingerprint density at radius 3 is 1.92 bits per heavy atom. The van der Waals surface area contributed by atoms with Crippen LogP contribution >= 0.6 is 0 Å². The first-order chi connectivity index (χ1) is 11.9. The van der Waals surface area contributed by atoms with Gasteiger partial charge in [-0.25, -0.2) is 0 Å². The summed E-state index contributed by atoms with van der Waals surface area (Å²) in [5.74, 6) is -5.67. The van der Waals surface area contributed by atoms with Gasteiger partial charge in [0.1, 0.15) is 0 Å². The highest BCUT2D eigenvalue weighted by Gasteiger charge is 2.61. The van der Waals surface area contributed by atoms with Gasteiger partial charge < -0.3 is 0 Å². The second-order valence-corrected chi connectivity index (χ2v) is 5.11. The maximum Gasteiger partial charge on any atom is 0.458 e. The minimum atomic E-state index is -6.18. The van der Waals surface area contributed by atoms with Gasteiger partial charge in [0.05, 0.1) is 17.5 Å². The molecule has 0 atom stereocenters. The topological polar surface area (TPSA) is 24.4 Å². The number of hydrogen-bond donors (Lipinski definition) is 1. The summed E-state index contributed by atoms with van der Waals surface area (Å²) in [4.78, 5) is 0. The number of anilines is 1. The van der Waals surface area contributed by atoms with Crippen molar-refractivity contribution in [3.05, 3.63) is 65.2 Å². The molecular weight excluding hydrogens is 372 g/mol. The van der Waals surface area contributed by atoms with Crippen LogP contribution in [0.2, 0.25) is 0 Å². The van der Waals surface area contributed by atoms with Crippen LogP contribution in [-0.4, -0.2) is 12.4 Å². The molecule has 0 unspecified atom stereocenters. The first-order valence-corrected chi connectivity index (χ1v) is 6.93. The van der Waals surface area contributed by atoms with E-state index in [0.717, 1.165) is 12.3 Å². The van der Waals surface area contributed by atoms with Gasteiger partial charge in [0, 0.05) is 5.56 Å². The van der Waals surface area contributed by atoms with Crippen LogP contribution in [0.4, 0.5) is 40.8 Å². The Bertz CT molecular complexity index is 779. The third kappa shape index (κ3) is 4.30. The van der Waals surface area contributed by atoms with E-state index in [9.17, 15) is 35.1 Å². The number of rotatable bonds is 4. The summed E-state index contributed by atoms with van der Waals surface area (Å²) in [6, 6.07) is 9.22. The quantitative estimate of drug-likeness (QED) is 0.403.